The molecule has 3 nitrogen and oxygen atoms in total. The molecule has 0 aliphatic heterocycles. The molecule has 1 fully saturated rings. The standard InChI is InChI=1S/C12H13FO3/c1-15-12-10(14)6-11(12)16-7-8-4-2-3-5-9(8)13/h2-5,11-12H,6-7H2,1H3. The molecule has 2 rings (SSSR count). The van der Waals surface area contributed by atoms with Gasteiger partial charge in [-0.1, -0.05) is 18.2 Å². The normalized spacial score (nSPS) is 24.2. The molecular weight excluding hydrogens is 211 g/mol. The second-order valence-electron chi connectivity index (χ2n) is 3.77. The second kappa shape index (κ2) is 4.72. The minimum Gasteiger partial charge on any atom is -0.371 e. The van der Waals surface area contributed by atoms with E-state index in [2.05, 4.69) is 0 Å². The van der Waals surface area contributed by atoms with Crippen molar-refractivity contribution >= 4 is 5.78 Å². The summed E-state index contributed by atoms with van der Waals surface area (Å²) in [6.45, 7) is 0.171. The van der Waals surface area contributed by atoms with Crippen molar-refractivity contribution in [2.45, 2.75) is 25.2 Å². The molecule has 1 aliphatic rings. The molecule has 0 saturated heterocycles. The Bertz CT molecular complexity index is 392. The zero-order valence-electron chi connectivity index (χ0n) is 8.98. The van der Waals surface area contributed by atoms with Crippen LogP contribution in [0.2, 0.25) is 0 Å². The van der Waals surface area contributed by atoms with E-state index in [0.29, 0.717) is 12.0 Å². The largest absolute Gasteiger partial charge is 0.371 e. The second-order valence-corrected chi connectivity index (χ2v) is 3.77. The van der Waals surface area contributed by atoms with Gasteiger partial charge in [-0.2, -0.15) is 0 Å². The lowest BCUT2D eigenvalue weighted by molar-refractivity contribution is -0.163. The number of Topliss-reactive ketones (excluding diaryl/α,β-unsaturated/α-hetero) is 1. The van der Waals surface area contributed by atoms with Crippen molar-refractivity contribution < 1.29 is 18.7 Å². The molecule has 0 bridgehead atoms. The van der Waals surface area contributed by atoms with Gasteiger partial charge in [-0.05, 0) is 6.07 Å². The van der Waals surface area contributed by atoms with Crippen LogP contribution in [0.15, 0.2) is 24.3 Å². The highest BCUT2D eigenvalue weighted by Crippen LogP contribution is 2.23. The van der Waals surface area contributed by atoms with Crippen molar-refractivity contribution in [2.24, 2.45) is 0 Å². The maximum atomic E-state index is 13.2. The van der Waals surface area contributed by atoms with Crippen molar-refractivity contribution in [3.63, 3.8) is 0 Å². The molecule has 86 valence electrons. The molecule has 0 spiro atoms. The number of hydrogen-bond acceptors (Lipinski definition) is 3. The Morgan fingerprint density at radius 1 is 1.44 bits per heavy atom. The lowest BCUT2D eigenvalue weighted by Crippen LogP contribution is -2.49. The summed E-state index contributed by atoms with van der Waals surface area (Å²) in [4.78, 5) is 11.1. The van der Waals surface area contributed by atoms with Gasteiger partial charge in [-0.3, -0.25) is 4.79 Å². The molecule has 0 radical (unpaired) electrons. The third kappa shape index (κ3) is 2.13. The Labute approximate surface area is 93.2 Å². The van der Waals surface area contributed by atoms with Gasteiger partial charge in [0.15, 0.2) is 5.78 Å². The highest BCUT2D eigenvalue weighted by atomic mass is 19.1. The molecule has 1 aromatic rings. The maximum absolute atomic E-state index is 13.2. The number of hydrogen-bond donors (Lipinski definition) is 0. The number of methoxy groups -OCH3 is 1. The van der Waals surface area contributed by atoms with Crippen molar-refractivity contribution in [3.8, 4) is 0 Å². The van der Waals surface area contributed by atoms with E-state index < -0.39 is 6.10 Å². The molecule has 1 saturated carbocycles. The first-order valence-electron chi connectivity index (χ1n) is 5.13. The van der Waals surface area contributed by atoms with Crippen LogP contribution in [-0.2, 0) is 20.9 Å². The SMILES string of the molecule is COC1C(=O)CC1OCc1ccccc1F. The molecule has 16 heavy (non-hydrogen) atoms. The molecule has 1 aliphatic carbocycles. The fourth-order valence-electron chi connectivity index (χ4n) is 1.71. The van der Waals surface area contributed by atoms with E-state index in [-0.39, 0.29) is 24.3 Å². The van der Waals surface area contributed by atoms with Gasteiger partial charge in [0.05, 0.1) is 12.7 Å². The van der Waals surface area contributed by atoms with E-state index in [1.807, 2.05) is 0 Å². The van der Waals surface area contributed by atoms with Crippen LogP contribution in [0, 0.1) is 5.82 Å². The van der Waals surface area contributed by atoms with E-state index >= 15 is 0 Å². The van der Waals surface area contributed by atoms with Crippen LogP contribution >= 0.6 is 0 Å². The molecule has 2 atom stereocenters. The third-order valence-electron chi connectivity index (χ3n) is 2.72. The van der Waals surface area contributed by atoms with Crippen molar-refractivity contribution in [3.05, 3.63) is 35.6 Å². The number of ketones is 1. The average Bonchev–Trinajstić information content (AvgIpc) is 2.26. The average molecular weight is 224 g/mol. The summed E-state index contributed by atoms with van der Waals surface area (Å²) in [5, 5.41) is 0. The lowest BCUT2D eigenvalue weighted by Gasteiger charge is -2.33. The Morgan fingerprint density at radius 2 is 2.19 bits per heavy atom. The van der Waals surface area contributed by atoms with E-state index in [4.69, 9.17) is 9.47 Å². The van der Waals surface area contributed by atoms with Gasteiger partial charge < -0.3 is 9.47 Å². The first-order valence-corrected chi connectivity index (χ1v) is 5.13. The highest BCUT2D eigenvalue weighted by Gasteiger charge is 2.40. The van der Waals surface area contributed by atoms with Crippen LogP contribution in [0.1, 0.15) is 12.0 Å². The van der Waals surface area contributed by atoms with E-state index in [9.17, 15) is 9.18 Å². The monoisotopic (exact) mass is 224 g/mol. The number of halogens is 1. The van der Waals surface area contributed by atoms with Gasteiger partial charge in [0.2, 0.25) is 0 Å². The number of ether oxygens (including phenoxy) is 2. The fraction of sp³-hybridized carbons (Fsp3) is 0.417. The van der Waals surface area contributed by atoms with Crippen LogP contribution in [-0.4, -0.2) is 25.1 Å². The molecule has 2 unspecified atom stereocenters. The Morgan fingerprint density at radius 3 is 2.81 bits per heavy atom. The lowest BCUT2D eigenvalue weighted by atomic mass is 9.90. The minimum atomic E-state index is -0.480. The zero-order valence-corrected chi connectivity index (χ0v) is 8.98. The Balaban J connectivity index is 1.89. The fourth-order valence-corrected chi connectivity index (χ4v) is 1.71. The van der Waals surface area contributed by atoms with Gasteiger partial charge in [0.25, 0.3) is 0 Å². The Kier molecular flexibility index (Phi) is 3.31. The van der Waals surface area contributed by atoms with Crippen LogP contribution in [0.5, 0.6) is 0 Å². The summed E-state index contributed by atoms with van der Waals surface area (Å²) in [6.07, 6.45) is -0.365. The summed E-state index contributed by atoms with van der Waals surface area (Å²) in [6, 6.07) is 6.43. The number of carbonyl (C=O) groups excluding carboxylic acids is 1. The van der Waals surface area contributed by atoms with Crippen molar-refractivity contribution in [2.75, 3.05) is 7.11 Å². The molecule has 0 heterocycles. The maximum Gasteiger partial charge on any atom is 0.166 e. The summed E-state index contributed by atoms with van der Waals surface area (Å²) in [5.74, 6) is -0.247. The zero-order chi connectivity index (χ0) is 11.5. The number of benzene rings is 1. The first-order chi connectivity index (χ1) is 7.72. The summed E-state index contributed by atoms with van der Waals surface area (Å²) in [5.41, 5.74) is 0.497. The minimum absolute atomic E-state index is 0.0426. The predicted octanol–water partition coefficient (Wildman–Crippen LogP) is 1.70. The smallest absolute Gasteiger partial charge is 0.166 e. The molecule has 1 aromatic carbocycles. The highest BCUT2D eigenvalue weighted by molar-refractivity contribution is 5.90. The summed E-state index contributed by atoms with van der Waals surface area (Å²) < 4.78 is 23.6. The van der Waals surface area contributed by atoms with Crippen molar-refractivity contribution in [1.29, 1.82) is 0 Å². The first kappa shape index (κ1) is 11.2. The Hall–Kier alpha value is -1.26. The summed E-state index contributed by atoms with van der Waals surface area (Å²) in [7, 11) is 1.47. The van der Waals surface area contributed by atoms with Crippen LogP contribution in [0.3, 0.4) is 0 Å². The van der Waals surface area contributed by atoms with Gasteiger partial charge in [-0.15, -0.1) is 0 Å². The van der Waals surface area contributed by atoms with E-state index in [1.54, 1.807) is 18.2 Å². The quantitative estimate of drug-likeness (QED) is 0.780. The van der Waals surface area contributed by atoms with Crippen LogP contribution in [0.25, 0.3) is 0 Å². The van der Waals surface area contributed by atoms with Crippen LogP contribution in [0.4, 0.5) is 4.39 Å². The topological polar surface area (TPSA) is 35.5 Å². The van der Waals surface area contributed by atoms with Crippen molar-refractivity contribution in [1.82, 2.24) is 0 Å². The summed E-state index contributed by atoms with van der Waals surface area (Å²) >= 11 is 0. The molecule has 0 aromatic heterocycles. The number of rotatable bonds is 4. The molecule has 4 heteroatoms. The predicted molar refractivity (Wildman–Crippen MR) is 55.4 cm³/mol. The van der Waals surface area contributed by atoms with Gasteiger partial charge in [0, 0.05) is 19.1 Å². The molecule has 0 amide bonds. The third-order valence-corrected chi connectivity index (χ3v) is 2.72. The van der Waals surface area contributed by atoms with E-state index in [1.165, 1.54) is 13.2 Å². The van der Waals surface area contributed by atoms with Gasteiger partial charge in [0.1, 0.15) is 11.9 Å². The molecular formula is C12H13FO3. The van der Waals surface area contributed by atoms with Crippen LogP contribution < -0.4 is 0 Å². The van der Waals surface area contributed by atoms with Gasteiger partial charge >= 0.3 is 0 Å². The van der Waals surface area contributed by atoms with E-state index in [0.717, 1.165) is 0 Å². The molecule has 0 N–H and O–H groups in total. The van der Waals surface area contributed by atoms with Gasteiger partial charge in [-0.25, -0.2) is 4.39 Å². The number of carbonyl (C=O) groups is 1.